The summed E-state index contributed by atoms with van der Waals surface area (Å²) in [6, 6.07) is 12.9. The molecule has 29 heavy (non-hydrogen) atoms. The Kier molecular flexibility index (Phi) is 6.78. The third kappa shape index (κ3) is 5.80. The van der Waals surface area contributed by atoms with E-state index in [2.05, 4.69) is 22.0 Å². The second-order valence-corrected chi connectivity index (χ2v) is 6.05. The van der Waals surface area contributed by atoms with E-state index in [1.54, 1.807) is 54.5 Å². The van der Waals surface area contributed by atoms with Gasteiger partial charge in [-0.25, -0.2) is 0 Å². The fourth-order valence-electron chi connectivity index (χ4n) is 2.57. The maximum Gasteiger partial charge on any atom is 0.249 e. The Balaban J connectivity index is 1.59. The van der Waals surface area contributed by atoms with E-state index in [0.717, 1.165) is 11.3 Å². The quantitative estimate of drug-likeness (QED) is 0.447. The van der Waals surface area contributed by atoms with Crippen LogP contribution in [0.25, 0.3) is 6.08 Å². The zero-order valence-electron chi connectivity index (χ0n) is 16.1. The first-order valence-electron chi connectivity index (χ1n) is 9.02. The number of ether oxygens (including phenoxy) is 2. The predicted molar refractivity (Wildman–Crippen MR) is 112 cm³/mol. The lowest BCUT2D eigenvalue weighted by Gasteiger charge is -2.09. The summed E-state index contributed by atoms with van der Waals surface area (Å²) in [5.74, 6) is 1.40. The van der Waals surface area contributed by atoms with Gasteiger partial charge in [0.25, 0.3) is 0 Å². The molecule has 0 fully saturated rings. The Morgan fingerprint density at radius 3 is 2.90 bits per heavy atom. The number of pyridine rings is 1. The molecule has 0 saturated carbocycles. The van der Waals surface area contributed by atoms with Gasteiger partial charge >= 0.3 is 0 Å². The second kappa shape index (κ2) is 9.89. The molecule has 7 heteroatoms. The van der Waals surface area contributed by atoms with Crippen LogP contribution >= 0.6 is 0 Å². The minimum Gasteiger partial charge on any atom is -0.493 e. The molecule has 3 aromatic rings. The maximum atomic E-state index is 12.2. The van der Waals surface area contributed by atoms with E-state index < -0.39 is 0 Å². The number of hydrogen-bond donors (Lipinski definition) is 1. The van der Waals surface area contributed by atoms with Crippen molar-refractivity contribution < 1.29 is 14.3 Å². The van der Waals surface area contributed by atoms with Crippen molar-refractivity contribution in [3.63, 3.8) is 0 Å². The van der Waals surface area contributed by atoms with E-state index in [-0.39, 0.29) is 5.91 Å². The minimum absolute atomic E-state index is 0.279. The molecule has 0 unspecified atom stereocenters. The number of benzene rings is 1. The summed E-state index contributed by atoms with van der Waals surface area (Å²) in [6.45, 7) is 4.55. The van der Waals surface area contributed by atoms with E-state index in [1.165, 1.54) is 6.08 Å². The summed E-state index contributed by atoms with van der Waals surface area (Å²) in [5.41, 5.74) is 1.70. The number of rotatable bonds is 9. The predicted octanol–water partition coefficient (Wildman–Crippen LogP) is 3.55. The van der Waals surface area contributed by atoms with Crippen LogP contribution in [0.3, 0.4) is 0 Å². The van der Waals surface area contributed by atoms with E-state index in [1.807, 2.05) is 24.3 Å². The molecule has 0 radical (unpaired) electrons. The van der Waals surface area contributed by atoms with E-state index >= 15 is 0 Å². The first-order valence-corrected chi connectivity index (χ1v) is 9.02. The lowest BCUT2D eigenvalue weighted by Crippen LogP contribution is -2.09. The normalized spacial score (nSPS) is 10.7. The van der Waals surface area contributed by atoms with Crippen molar-refractivity contribution in [3.8, 4) is 11.5 Å². The smallest absolute Gasteiger partial charge is 0.249 e. The van der Waals surface area contributed by atoms with Crippen molar-refractivity contribution in [1.29, 1.82) is 0 Å². The Hall–Kier alpha value is -3.87. The molecule has 7 nitrogen and oxygen atoms in total. The van der Waals surface area contributed by atoms with Crippen LogP contribution < -0.4 is 14.8 Å². The Morgan fingerprint density at radius 1 is 1.24 bits per heavy atom. The molecule has 2 heterocycles. The minimum atomic E-state index is -0.279. The van der Waals surface area contributed by atoms with Gasteiger partial charge in [-0.15, -0.1) is 0 Å². The monoisotopic (exact) mass is 390 g/mol. The SMILES string of the molecule is C=CCOc1ccc(/C=C/C(=O)Nc2ccn(Cc3ccccn3)n2)cc1OC. The lowest BCUT2D eigenvalue weighted by atomic mass is 10.2. The van der Waals surface area contributed by atoms with Crippen LogP contribution in [0, 0.1) is 0 Å². The molecule has 0 aliphatic heterocycles. The van der Waals surface area contributed by atoms with Gasteiger partial charge in [0.2, 0.25) is 5.91 Å². The number of nitrogens with one attached hydrogen (secondary N) is 1. The maximum absolute atomic E-state index is 12.2. The highest BCUT2D eigenvalue weighted by molar-refractivity contribution is 6.01. The van der Waals surface area contributed by atoms with Crippen molar-refractivity contribution in [2.45, 2.75) is 6.54 Å². The van der Waals surface area contributed by atoms with E-state index in [4.69, 9.17) is 9.47 Å². The average Bonchev–Trinajstić information content (AvgIpc) is 3.18. The summed E-state index contributed by atoms with van der Waals surface area (Å²) in [7, 11) is 1.57. The van der Waals surface area contributed by atoms with Gasteiger partial charge in [-0.3, -0.25) is 14.5 Å². The van der Waals surface area contributed by atoms with Crippen molar-refractivity contribution in [2.24, 2.45) is 0 Å². The van der Waals surface area contributed by atoms with Crippen LogP contribution in [0.5, 0.6) is 11.5 Å². The second-order valence-electron chi connectivity index (χ2n) is 6.05. The van der Waals surface area contributed by atoms with Gasteiger partial charge in [0.1, 0.15) is 6.61 Å². The number of nitrogens with zero attached hydrogens (tertiary/aromatic N) is 3. The van der Waals surface area contributed by atoms with Gasteiger partial charge in [0, 0.05) is 24.5 Å². The van der Waals surface area contributed by atoms with E-state index in [0.29, 0.717) is 30.5 Å². The number of anilines is 1. The summed E-state index contributed by atoms with van der Waals surface area (Å²) in [6.07, 6.45) is 8.33. The third-order valence-corrected chi connectivity index (χ3v) is 3.91. The molecular weight excluding hydrogens is 368 g/mol. The highest BCUT2D eigenvalue weighted by atomic mass is 16.5. The van der Waals surface area contributed by atoms with Crippen molar-refractivity contribution >= 4 is 17.8 Å². The van der Waals surface area contributed by atoms with Gasteiger partial charge in [-0.05, 0) is 35.9 Å². The zero-order valence-corrected chi connectivity index (χ0v) is 16.1. The summed E-state index contributed by atoms with van der Waals surface area (Å²) in [5, 5.41) is 7.08. The molecule has 2 aromatic heterocycles. The molecule has 1 aromatic carbocycles. The molecule has 0 bridgehead atoms. The summed E-state index contributed by atoms with van der Waals surface area (Å²) in [4.78, 5) is 16.5. The summed E-state index contributed by atoms with van der Waals surface area (Å²) >= 11 is 0. The van der Waals surface area contributed by atoms with Crippen LogP contribution in [-0.2, 0) is 11.3 Å². The Morgan fingerprint density at radius 2 is 2.14 bits per heavy atom. The Labute approximate surface area is 169 Å². The molecule has 148 valence electrons. The molecular formula is C22H22N4O3. The van der Waals surface area contributed by atoms with E-state index in [9.17, 15) is 4.79 Å². The van der Waals surface area contributed by atoms with Crippen molar-refractivity contribution in [3.05, 3.63) is 84.8 Å². The van der Waals surface area contributed by atoms with Crippen LogP contribution in [-0.4, -0.2) is 34.4 Å². The first kappa shape index (κ1) is 19.9. The first-order chi connectivity index (χ1) is 14.2. The van der Waals surface area contributed by atoms with Crippen LogP contribution in [0.4, 0.5) is 5.82 Å². The molecule has 0 saturated heterocycles. The van der Waals surface area contributed by atoms with Crippen molar-refractivity contribution in [2.75, 3.05) is 19.0 Å². The number of amides is 1. The number of hydrogen-bond acceptors (Lipinski definition) is 5. The van der Waals surface area contributed by atoms with Gasteiger partial charge < -0.3 is 14.8 Å². The highest BCUT2D eigenvalue weighted by Gasteiger charge is 2.06. The number of carbonyl (C=O) groups excluding carboxylic acids is 1. The molecule has 1 N–H and O–H groups in total. The van der Waals surface area contributed by atoms with Crippen molar-refractivity contribution in [1.82, 2.24) is 14.8 Å². The standard InChI is InChI=1S/C22H22N4O3/c1-3-14-29-19-9-7-17(15-20(19)28-2)8-10-22(27)24-21-11-13-26(25-21)16-18-6-4-5-12-23-18/h3-13,15H,1,14,16H2,2H3,(H,24,25,27)/b10-8+. The van der Waals surface area contributed by atoms with Crippen LogP contribution in [0.15, 0.2) is 73.6 Å². The zero-order chi connectivity index (χ0) is 20.5. The van der Waals surface area contributed by atoms with Gasteiger partial charge in [-0.1, -0.05) is 24.8 Å². The van der Waals surface area contributed by atoms with Gasteiger partial charge in [0.15, 0.2) is 17.3 Å². The fraction of sp³-hybridized carbons (Fsp3) is 0.136. The number of methoxy groups -OCH3 is 1. The molecule has 0 spiro atoms. The van der Waals surface area contributed by atoms with Gasteiger partial charge in [0.05, 0.1) is 19.3 Å². The number of carbonyl (C=O) groups is 1. The third-order valence-electron chi connectivity index (χ3n) is 3.91. The van der Waals surface area contributed by atoms with Gasteiger partial charge in [-0.2, -0.15) is 5.10 Å². The summed E-state index contributed by atoms with van der Waals surface area (Å²) < 4.78 is 12.6. The Bertz CT molecular complexity index is 996. The molecule has 1 amide bonds. The van der Waals surface area contributed by atoms with Crippen LogP contribution in [0.2, 0.25) is 0 Å². The number of aromatic nitrogens is 3. The molecule has 3 rings (SSSR count). The molecule has 0 atom stereocenters. The van der Waals surface area contributed by atoms with Crippen LogP contribution in [0.1, 0.15) is 11.3 Å². The lowest BCUT2D eigenvalue weighted by molar-refractivity contribution is -0.111. The molecule has 0 aliphatic rings. The topological polar surface area (TPSA) is 78.3 Å². The highest BCUT2D eigenvalue weighted by Crippen LogP contribution is 2.28. The largest absolute Gasteiger partial charge is 0.493 e. The fourth-order valence-corrected chi connectivity index (χ4v) is 2.57. The average molecular weight is 390 g/mol. The molecule has 0 aliphatic carbocycles.